The zero-order valence-corrected chi connectivity index (χ0v) is 15.4. The van der Waals surface area contributed by atoms with E-state index in [1.165, 1.54) is 22.3 Å². The van der Waals surface area contributed by atoms with Crippen LogP contribution in [0.25, 0.3) is 0 Å². The summed E-state index contributed by atoms with van der Waals surface area (Å²) in [7, 11) is 1.74. The van der Waals surface area contributed by atoms with E-state index in [-0.39, 0.29) is 4.83 Å². The molecule has 2 rings (SSSR count). The molecule has 1 heterocycles. The average molecular weight is 404 g/mol. The first-order valence-corrected chi connectivity index (χ1v) is 8.62. The average Bonchev–Trinajstić information content (AvgIpc) is 2.79. The fourth-order valence-corrected chi connectivity index (χ4v) is 4.89. The van der Waals surface area contributed by atoms with Crippen LogP contribution in [-0.4, -0.2) is 7.11 Å². The summed E-state index contributed by atoms with van der Waals surface area (Å²) in [5.74, 6) is 0.966. The topological polar surface area (TPSA) is 9.23 Å². The van der Waals surface area contributed by atoms with E-state index in [4.69, 9.17) is 4.74 Å². The number of hydrogen-bond donors (Lipinski definition) is 0. The lowest BCUT2D eigenvalue weighted by Gasteiger charge is -2.20. The molecule has 2 aromatic rings. The van der Waals surface area contributed by atoms with Gasteiger partial charge in [0.25, 0.3) is 0 Å². The van der Waals surface area contributed by atoms with Crippen molar-refractivity contribution < 1.29 is 4.74 Å². The van der Waals surface area contributed by atoms with Crippen molar-refractivity contribution in [3.63, 3.8) is 0 Å². The maximum atomic E-state index is 5.62. The maximum Gasteiger partial charge on any atom is 0.126 e. The molecule has 4 heteroatoms. The quantitative estimate of drug-likeness (QED) is 0.577. The molecule has 0 fully saturated rings. The fraction of sp³-hybridized carbons (Fsp3) is 0.333. The Morgan fingerprint density at radius 2 is 1.84 bits per heavy atom. The molecule has 0 radical (unpaired) electrons. The number of benzene rings is 1. The smallest absolute Gasteiger partial charge is 0.126 e. The van der Waals surface area contributed by atoms with Gasteiger partial charge in [-0.1, -0.05) is 31.9 Å². The van der Waals surface area contributed by atoms with Gasteiger partial charge in [-0.15, -0.1) is 0 Å². The molecule has 0 N–H and O–H groups in total. The second-order valence-corrected chi connectivity index (χ2v) is 7.13. The lowest BCUT2D eigenvalue weighted by atomic mass is 9.97. The van der Waals surface area contributed by atoms with Gasteiger partial charge < -0.3 is 4.74 Å². The number of alkyl halides is 1. The highest BCUT2D eigenvalue weighted by Crippen LogP contribution is 2.44. The summed E-state index contributed by atoms with van der Waals surface area (Å²) in [4.78, 5) is 0.157. The molecule has 0 saturated carbocycles. The van der Waals surface area contributed by atoms with Crippen LogP contribution in [0.15, 0.2) is 21.3 Å². The molecule has 19 heavy (non-hydrogen) atoms. The zero-order valence-electron chi connectivity index (χ0n) is 11.4. The van der Waals surface area contributed by atoms with Gasteiger partial charge in [0.1, 0.15) is 5.75 Å². The lowest BCUT2D eigenvalue weighted by molar-refractivity contribution is 0.406. The first kappa shape index (κ1) is 15.1. The van der Waals surface area contributed by atoms with Crippen molar-refractivity contribution in [1.82, 2.24) is 0 Å². The van der Waals surface area contributed by atoms with E-state index in [1.54, 1.807) is 18.4 Å². The van der Waals surface area contributed by atoms with Crippen LogP contribution in [0.1, 0.15) is 32.6 Å². The Morgan fingerprint density at radius 1 is 1.16 bits per heavy atom. The largest absolute Gasteiger partial charge is 0.496 e. The van der Waals surface area contributed by atoms with E-state index in [9.17, 15) is 0 Å². The SMILES string of the molecule is COc1c(C)cc(Br)c(C)c1C(Br)c1cscc1C. The highest BCUT2D eigenvalue weighted by atomic mass is 79.9. The van der Waals surface area contributed by atoms with Gasteiger partial charge in [-0.05, 0) is 59.9 Å². The first-order valence-electron chi connectivity index (χ1n) is 5.97. The van der Waals surface area contributed by atoms with E-state index < -0.39 is 0 Å². The summed E-state index contributed by atoms with van der Waals surface area (Å²) >= 11 is 9.21. The van der Waals surface area contributed by atoms with Crippen molar-refractivity contribution in [2.45, 2.75) is 25.6 Å². The van der Waals surface area contributed by atoms with Gasteiger partial charge in [0, 0.05) is 10.0 Å². The molecule has 0 amide bonds. The Hall–Kier alpha value is -0.320. The van der Waals surface area contributed by atoms with Gasteiger partial charge >= 0.3 is 0 Å². The van der Waals surface area contributed by atoms with Crippen LogP contribution >= 0.6 is 43.2 Å². The summed E-state index contributed by atoms with van der Waals surface area (Å²) in [6.45, 7) is 6.34. The van der Waals surface area contributed by atoms with Crippen LogP contribution in [0.4, 0.5) is 0 Å². The summed E-state index contributed by atoms with van der Waals surface area (Å²) in [6, 6.07) is 2.11. The van der Waals surface area contributed by atoms with E-state index >= 15 is 0 Å². The molecule has 1 atom stereocenters. The second-order valence-electron chi connectivity index (χ2n) is 4.62. The minimum atomic E-state index is 0.157. The third-order valence-corrected chi connectivity index (χ3v) is 5.99. The van der Waals surface area contributed by atoms with E-state index in [0.717, 1.165) is 15.8 Å². The van der Waals surface area contributed by atoms with Gasteiger partial charge in [-0.25, -0.2) is 0 Å². The van der Waals surface area contributed by atoms with Gasteiger partial charge in [0.05, 0.1) is 11.9 Å². The Balaban J connectivity index is 2.64. The molecule has 0 aliphatic heterocycles. The van der Waals surface area contributed by atoms with E-state index in [1.807, 2.05) is 0 Å². The number of thiophene rings is 1. The Labute approximate surface area is 135 Å². The van der Waals surface area contributed by atoms with E-state index in [2.05, 4.69) is 69.5 Å². The van der Waals surface area contributed by atoms with Crippen LogP contribution in [-0.2, 0) is 0 Å². The second kappa shape index (κ2) is 5.98. The normalized spacial score (nSPS) is 12.5. The van der Waals surface area contributed by atoms with Crippen molar-refractivity contribution in [3.05, 3.63) is 49.1 Å². The Kier molecular flexibility index (Phi) is 4.75. The zero-order chi connectivity index (χ0) is 14.2. The minimum absolute atomic E-state index is 0.157. The highest BCUT2D eigenvalue weighted by molar-refractivity contribution is 9.10. The molecule has 0 bridgehead atoms. The van der Waals surface area contributed by atoms with Crippen molar-refractivity contribution in [1.29, 1.82) is 0 Å². The van der Waals surface area contributed by atoms with Crippen molar-refractivity contribution in [2.75, 3.05) is 7.11 Å². The monoisotopic (exact) mass is 402 g/mol. The number of rotatable bonds is 3. The molecule has 0 aliphatic carbocycles. The first-order chi connectivity index (χ1) is 8.97. The molecule has 1 nitrogen and oxygen atoms in total. The van der Waals surface area contributed by atoms with E-state index in [0.29, 0.717) is 0 Å². The molecule has 1 aromatic carbocycles. The third-order valence-electron chi connectivity index (χ3n) is 3.33. The van der Waals surface area contributed by atoms with Crippen molar-refractivity contribution in [2.24, 2.45) is 0 Å². The number of methoxy groups -OCH3 is 1. The number of hydrogen-bond acceptors (Lipinski definition) is 2. The van der Waals surface area contributed by atoms with Gasteiger partial charge in [-0.2, -0.15) is 11.3 Å². The predicted octanol–water partition coefficient (Wildman–Crippen LogP) is 5.93. The van der Waals surface area contributed by atoms with Gasteiger partial charge in [-0.3, -0.25) is 0 Å². The molecular weight excluding hydrogens is 388 g/mol. The molecule has 0 aliphatic rings. The third kappa shape index (κ3) is 2.76. The molecule has 102 valence electrons. The van der Waals surface area contributed by atoms with Crippen LogP contribution < -0.4 is 4.74 Å². The highest BCUT2D eigenvalue weighted by Gasteiger charge is 2.22. The molecule has 1 aromatic heterocycles. The van der Waals surface area contributed by atoms with Gasteiger partial charge in [0.15, 0.2) is 0 Å². The predicted molar refractivity (Wildman–Crippen MR) is 90.0 cm³/mol. The summed E-state index contributed by atoms with van der Waals surface area (Å²) in [5.41, 5.74) is 6.19. The van der Waals surface area contributed by atoms with Crippen LogP contribution in [0.2, 0.25) is 0 Å². The van der Waals surface area contributed by atoms with Gasteiger partial charge in [0.2, 0.25) is 0 Å². The molecule has 0 saturated heterocycles. The van der Waals surface area contributed by atoms with Crippen LogP contribution in [0, 0.1) is 20.8 Å². The van der Waals surface area contributed by atoms with Crippen LogP contribution in [0.3, 0.4) is 0 Å². The molecular formula is C15H16Br2OS. The summed E-state index contributed by atoms with van der Waals surface area (Å²) in [5, 5.41) is 4.38. The number of aryl methyl sites for hydroxylation is 2. The Morgan fingerprint density at radius 3 is 2.37 bits per heavy atom. The fourth-order valence-electron chi connectivity index (χ4n) is 2.24. The summed E-state index contributed by atoms with van der Waals surface area (Å²) < 4.78 is 6.75. The van der Waals surface area contributed by atoms with Crippen LogP contribution in [0.5, 0.6) is 5.75 Å². The number of halogens is 2. The minimum Gasteiger partial charge on any atom is -0.496 e. The van der Waals surface area contributed by atoms with Crippen molar-refractivity contribution >= 4 is 43.2 Å². The maximum absolute atomic E-state index is 5.62. The Bertz CT molecular complexity index is 604. The lowest BCUT2D eigenvalue weighted by Crippen LogP contribution is -2.03. The van der Waals surface area contributed by atoms with Crippen molar-refractivity contribution in [3.8, 4) is 5.75 Å². The standard InChI is InChI=1S/C15H16Br2OS/c1-8-5-12(16)10(3)13(15(8)18-4)14(17)11-7-19-6-9(11)2/h5-7,14H,1-4H3. The molecule has 0 spiro atoms. The summed E-state index contributed by atoms with van der Waals surface area (Å²) in [6.07, 6.45) is 0. The number of ether oxygens (including phenoxy) is 1. The molecule has 1 unspecified atom stereocenters.